The SMILES string of the molecule is CC(=O)/C=C(/C)O.CC(C)c1cc(-c2nccc3c2sc2n[c]([Ge]([CH3])([CH3])[CH3])ccc23)[c-]c2ccccc12.[Ir]. The number of thiophene rings is 1. The van der Waals surface area contributed by atoms with Crippen LogP contribution in [-0.4, -0.2) is 34.1 Å². The standard InChI is InChI=1S/C26H25GeN2S.C5H8O2.Ir/c1-16(2)22-15-18(14-17-8-6-7-9-19(17)22)24-25-20(12-13-28-24)21-10-11-23(27(3,4)5)29-26(21)30-25;1-4(6)3-5(2)7;/h6-13,15-16H,1-5H3;3,6H,1-2H3;/q-1;;/b;4-3-;. The second kappa shape index (κ2) is 12.2. The fraction of sp³-hybridized carbons (Fsp3) is 0.258. The summed E-state index contributed by atoms with van der Waals surface area (Å²) in [6.45, 7) is 7.35. The molecule has 3 aromatic heterocycles. The van der Waals surface area contributed by atoms with Crippen LogP contribution in [0.15, 0.2) is 66.6 Å². The molecule has 0 saturated carbocycles. The maximum Gasteiger partial charge on any atom is 0 e. The molecular weight excluding hydrogens is 729 g/mol. The molecule has 0 aliphatic rings. The minimum Gasteiger partial charge on any atom is 0 e. The Hall–Kier alpha value is -2.38. The minimum absolute atomic E-state index is 0. The van der Waals surface area contributed by atoms with E-state index >= 15 is 0 Å². The Morgan fingerprint density at radius 1 is 1.03 bits per heavy atom. The molecule has 2 aromatic carbocycles. The van der Waals surface area contributed by atoms with E-state index < -0.39 is 13.3 Å². The van der Waals surface area contributed by atoms with Gasteiger partial charge in [-0.2, -0.15) is 0 Å². The number of rotatable bonds is 4. The van der Waals surface area contributed by atoms with Crippen LogP contribution in [0.4, 0.5) is 0 Å². The number of ketones is 1. The minimum atomic E-state index is -1.97. The number of fused-ring (bicyclic) bond motifs is 4. The largest absolute Gasteiger partial charge is 0 e. The maximum atomic E-state index is 10.0. The van der Waals surface area contributed by atoms with Gasteiger partial charge in [0.05, 0.1) is 5.76 Å². The molecule has 0 bridgehead atoms. The molecule has 0 aliphatic carbocycles. The molecule has 199 valence electrons. The molecule has 0 fully saturated rings. The van der Waals surface area contributed by atoms with Crippen molar-refractivity contribution in [2.75, 3.05) is 0 Å². The molecule has 38 heavy (non-hydrogen) atoms. The predicted molar refractivity (Wildman–Crippen MR) is 161 cm³/mol. The number of aliphatic hydroxyl groups is 1. The number of allylic oxidation sites excluding steroid dienone is 2. The van der Waals surface area contributed by atoms with Crippen LogP contribution in [0, 0.1) is 6.07 Å². The van der Waals surface area contributed by atoms with E-state index in [1.165, 1.54) is 50.9 Å². The van der Waals surface area contributed by atoms with E-state index in [2.05, 4.69) is 85.7 Å². The van der Waals surface area contributed by atoms with Crippen LogP contribution >= 0.6 is 11.3 Å². The second-order valence-electron chi connectivity index (χ2n) is 10.7. The molecular formula is C31H33GeIrN2O2S-. The zero-order chi connectivity index (χ0) is 26.9. The van der Waals surface area contributed by atoms with Crippen LogP contribution in [-0.2, 0) is 24.9 Å². The van der Waals surface area contributed by atoms with Gasteiger partial charge in [-0.15, -0.1) is 0 Å². The number of pyridine rings is 2. The molecule has 0 unspecified atom stereocenters. The van der Waals surface area contributed by atoms with Crippen molar-refractivity contribution in [1.29, 1.82) is 0 Å². The van der Waals surface area contributed by atoms with Crippen LogP contribution in [0.1, 0.15) is 39.2 Å². The Labute approximate surface area is 244 Å². The summed E-state index contributed by atoms with van der Waals surface area (Å²) in [6.07, 6.45) is 3.09. The Morgan fingerprint density at radius 3 is 2.34 bits per heavy atom. The number of carbonyl (C=O) groups excluding carboxylic acids is 1. The number of nitrogens with zero attached hydrogens (tertiary/aromatic N) is 2. The van der Waals surface area contributed by atoms with Crippen molar-refractivity contribution in [3.63, 3.8) is 0 Å². The summed E-state index contributed by atoms with van der Waals surface area (Å²) < 4.78 is 2.52. The van der Waals surface area contributed by atoms with Gasteiger partial charge in [0.15, 0.2) is 5.78 Å². The summed E-state index contributed by atoms with van der Waals surface area (Å²) in [5.74, 6) is 7.56. The Bertz CT molecular complexity index is 1650. The number of hydrogen-bond acceptors (Lipinski definition) is 5. The molecule has 1 radical (unpaired) electrons. The van der Waals surface area contributed by atoms with Gasteiger partial charge in [0, 0.05) is 26.2 Å². The number of carbonyl (C=O) groups is 1. The smallest absolute Gasteiger partial charge is 0 e. The first-order valence-electron chi connectivity index (χ1n) is 12.5. The molecule has 4 nitrogen and oxygen atoms in total. The molecule has 0 atom stereocenters. The molecule has 0 amide bonds. The molecule has 5 aromatic rings. The van der Waals surface area contributed by atoms with E-state index in [1.54, 1.807) is 11.3 Å². The summed E-state index contributed by atoms with van der Waals surface area (Å²) in [5, 5.41) is 13.3. The third-order valence-corrected chi connectivity index (χ3v) is 11.0. The van der Waals surface area contributed by atoms with Crippen molar-refractivity contribution in [3.8, 4) is 11.3 Å². The molecule has 1 N–H and O–H groups in total. The van der Waals surface area contributed by atoms with Gasteiger partial charge in [0.1, 0.15) is 0 Å². The first-order valence-corrected chi connectivity index (χ1v) is 20.6. The number of benzene rings is 2. The van der Waals surface area contributed by atoms with Crippen molar-refractivity contribution < 1.29 is 30.0 Å². The van der Waals surface area contributed by atoms with E-state index in [4.69, 9.17) is 15.1 Å². The van der Waals surface area contributed by atoms with Crippen LogP contribution in [0.25, 0.3) is 42.3 Å². The van der Waals surface area contributed by atoms with E-state index in [0.717, 1.165) is 21.5 Å². The third kappa shape index (κ3) is 6.60. The summed E-state index contributed by atoms with van der Waals surface area (Å²) >= 11 is -0.204. The van der Waals surface area contributed by atoms with Gasteiger partial charge in [-0.3, -0.25) is 4.79 Å². The van der Waals surface area contributed by atoms with E-state index in [-0.39, 0.29) is 31.6 Å². The van der Waals surface area contributed by atoms with Gasteiger partial charge < -0.3 is 5.11 Å². The van der Waals surface area contributed by atoms with Gasteiger partial charge in [0.2, 0.25) is 0 Å². The quantitative estimate of drug-likeness (QED) is 0.0870. The monoisotopic (exact) mass is 764 g/mol. The average molecular weight is 763 g/mol. The zero-order valence-corrected chi connectivity index (χ0v) is 28.2. The maximum absolute atomic E-state index is 10.0. The summed E-state index contributed by atoms with van der Waals surface area (Å²) in [7, 11) is 0. The fourth-order valence-corrected chi connectivity index (χ4v) is 7.86. The van der Waals surface area contributed by atoms with Gasteiger partial charge >= 0.3 is 185 Å². The normalized spacial score (nSPS) is 11.9. The van der Waals surface area contributed by atoms with E-state index in [9.17, 15) is 4.79 Å². The summed E-state index contributed by atoms with van der Waals surface area (Å²) in [4.78, 5) is 21.0. The van der Waals surface area contributed by atoms with Crippen molar-refractivity contribution in [2.45, 2.75) is 50.9 Å². The zero-order valence-electron chi connectivity index (χ0n) is 22.8. The number of hydrogen-bond donors (Lipinski definition) is 1. The van der Waals surface area contributed by atoms with E-state index in [0.29, 0.717) is 5.92 Å². The molecule has 7 heteroatoms. The van der Waals surface area contributed by atoms with Crippen molar-refractivity contribution in [1.82, 2.24) is 9.97 Å². The van der Waals surface area contributed by atoms with Crippen LogP contribution < -0.4 is 4.53 Å². The van der Waals surface area contributed by atoms with Gasteiger partial charge in [-0.1, -0.05) is 0 Å². The van der Waals surface area contributed by atoms with Crippen molar-refractivity contribution >= 4 is 66.0 Å². The Kier molecular flexibility index (Phi) is 9.69. The van der Waals surface area contributed by atoms with Crippen LogP contribution in [0.2, 0.25) is 17.3 Å². The number of aliphatic hydroxyl groups excluding tert-OH is 1. The molecule has 0 saturated heterocycles. The van der Waals surface area contributed by atoms with Gasteiger partial charge in [0.25, 0.3) is 0 Å². The van der Waals surface area contributed by atoms with Gasteiger partial charge in [-0.25, -0.2) is 0 Å². The fourth-order valence-electron chi connectivity index (χ4n) is 4.35. The average Bonchev–Trinajstić information content (AvgIpc) is 3.20. The Balaban J connectivity index is 0.000000444. The topological polar surface area (TPSA) is 63.1 Å². The number of aromatic nitrogens is 2. The van der Waals surface area contributed by atoms with Gasteiger partial charge in [-0.05, 0) is 13.8 Å². The first kappa shape index (κ1) is 30.2. The van der Waals surface area contributed by atoms with Crippen molar-refractivity contribution in [2.24, 2.45) is 0 Å². The van der Waals surface area contributed by atoms with E-state index in [1.807, 2.05) is 6.20 Å². The van der Waals surface area contributed by atoms with Crippen LogP contribution in [0.5, 0.6) is 0 Å². The third-order valence-electron chi connectivity index (χ3n) is 6.12. The molecule has 0 aliphatic heterocycles. The summed E-state index contributed by atoms with van der Waals surface area (Å²) in [6, 6.07) is 21.1. The molecule has 0 spiro atoms. The predicted octanol–water partition coefficient (Wildman–Crippen LogP) is 8.17. The summed E-state index contributed by atoms with van der Waals surface area (Å²) in [5.41, 5.74) is 3.44. The molecule has 3 heterocycles. The Morgan fingerprint density at radius 2 is 1.74 bits per heavy atom. The second-order valence-corrected chi connectivity index (χ2v) is 22.2. The first-order chi connectivity index (χ1) is 17.5. The van der Waals surface area contributed by atoms with Crippen LogP contribution in [0.3, 0.4) is 0 Å². The van der Waals surface area contributed by atoms with Crippen molar-refractivity contribution in [3.05, 3.63) is 78.2 Å². The molecule has 5 rings (SSSR count).